The van der Waals surface area contributed by atoms with E-state index in [1.165, 1.54) is 22.5 Å². The Balaban J connectivity index is 0.000001000. The maximum Gasteiger partial charge on any atom is 0.123 e. The molecule has 18 heavy (non-hydrogen) atoms. The summed E-state index contributed by atoms with van der Waals surface area (Å²) in [4.78, 5) is 4.62. The van der Waals surface area contributed by atoms with Crippen LogP contribution in [0.5, 0.6) is 0 Å². The molecule has 0 N–H and O–H groups in total. The van der Waals surface area contributed by atoms with Gasteiger partial charge in [0.25, 0.3) is 0 Å². The molecule has 0 saturated carbocycles. The topological polar surface area (TPSA) is 17.3 Å². The number of fused-ring (bicyclic) bond motifs is 3. The fraction of sp³-hybridized carbons (Fsp3) is 0.357. The molecule has 1 aromatic carbocycles. The van der Waals surface area contributed by atoms with Gasteiger partial charge in [0.15, 0.2) is 0 Å². The maximum absolute atomic E-state index is 13.4. The van der Waals surface area contributed by atoms with Crippen LogP contribution in [0.2, 0.25) is 0 Å². The Kier molecular flexibility index (Phi) is 2.67. The van der Waals surface area contributed by atoms with E-state index in [1.807, 2.05) is 6.07 Å². The molecule has 2 heterocycles. The molecule has 2 aliphatic rings. The van der Waals surface area contributed by atoms with Crippen LogP contribution < -0.4 is 0 Å². The van der Waals surface area contributed by atoms with Gasteiger partial charge in [-0.3, -0.25) is 4.99 Å². The molecule has 2 aromatic rings. The quantitative estimate of drug-likeness (QED) is 0.694. The Morgan fingerprint density at radius 2 is 2.11 bits per heavy atom. The monoisotopic (exact) mass is 264 g/mol. The summed E-state index contributed by atoms with van der Waals surface area (Å²) in [5, 5.41) is 1.09. The molecule has 0 bridgehead atoms. The Hall–Kier alpha value is -1.35. The van der Waals surface area contributed by atoms with E-state index in [2.05, 4.69) is 9.56 Å². The number of hydrogen-bond donors (Lipinski definition) is 0. The van der Waals surface area contributed by atoms with E-state index >= 15 is 0 Å². The molecule has 0 radical (unpaired) electrons. The first-order valence-corrected chi connectivity index (χ1v) is 6.19. The van der Waals surface area contributed by atoms with Crippen LogP contribution >= 0.6 is 12.4 Å². The van der Waals surface area contributed by atoms with E-state index in [-0.39, 0.29) is 18.2 Å². The molecule has 0 unspecified atom stereocenters. The lowest BCUT2D eigenvalue weighted by Gasteiger charge is -2.21. The van der Waals surface area contributed by atoms with Crippen molar-refractivity contribution in [2.24, 2.45) is 4.99 Å². The average Bonchev–Trinajstić information content (AvgIpc) is 2.67. The summed E-state index contributed by atoms with van der Waals surface area (Å²) in [6.45, 7) is 1.80. The normalized spacial score (nSPS) is 17.1. The largest absolute Gasteiger partial charge is 0.337 e. The second-order valence-corrected chi connectivity index (χ2v) is 4.82. The van der Waals surface area contributed by atoms with Crippen molar-refractivity contribution in [3.8, 4) is 0 Å². The molecule has 0 spiro atoms. The number of hydrogen-bond acceptors (Lipinski definition) is 1. The predicted octanol–water partition coefficient (Wildman–Crippen LogP) is 3.34. The van der Waals surface area contributed by atoms with Gasteiger partial charge >= 0.3 is 0 Å². The van der Waals surface area contributed by atoms with Gasteiger partial charge < -0.3 is 4.57 Å². The number of nitrogens with zero attached hydrogens (tertiary/aromatic N) is 2. The van der Waals surface area contributed by atoms with Crippen molar-refractivity contribution >= 4 is 29.0 Å². The molecule has 1 aliphatic carbocycles. The van der Waals surface area contributed by atoms with Crippen LogP contribution in [-0.4, -0.2) is 16.8 Å². The Labute approximate surface area is 111 Å². The average molecular weight is 265 g/mol. The molecule has 0 amide bonds. The number of rotatable bonds is 0. The van der Waals surface area contributed by atoms with Crippen molar-refractivity contribution in [2.45, 2.75) is 25.8 Å². The highest BCUT2D eigenvalue weighted by Crippen LogP contribution is 2.34. The first-order chi connectivity index (χ1) is 8.34. The minimum atomic E-state index is -0.138. The minimum Gasteiger partial charge on any atom is -0.337 e. The van der Waals surface area contributed by atoms with E-state index < -0.39 is 0 Å². The first-order valence-electron chi connectivity index (χ1n) is 6.19. The van der Waals surface area contributed by atoms with E-state index in [9.17, 15) is 4.39 Å². The SMILES string of the molecule is Cl.Fc1ccc2c(c1)c1c3n2CCN=C3CCC1. The highest BCUT2D eigenvalue weighted by Gasteiger charge is 2.26. The predicted molar refractivity (Wildman–Crippen MR) is 73.5 cm³/mol. The van der Waals surface area contributed by atoms with Crippen molar-refractivity contribution in [1.29, 1.82) is 0 Å². The van der Waals surface area contributed by atoms with Crippen molar-refractivity contribution < 1.29 is 4.39 Å². The third-order valence-corrected chi connectivity index (χ3v) is 3.87. The molecule has 2 nitrogen and oxygen atoms in total. The van der Waals surface area contributed by atoms with Gasteiger partial charge in [-0.15, -0.1) is 12.4 Å². The number of halogens is 2. The van der Waals surface area contributed by atoms with Crippen LogP contribution in [0.3, 0.4) is 0 Å². The summed E-state index contributed by atoms with van der Waals surface area (Å²) in [5.41, 5.74) is 4.99. The van der Waals surface area contributed by atoms with Gasteiger partial charge in [0.05, 0.1) is 18.0 Å². The van der Waals surface area contributed by atoms with Gasteiger partial charge in [-0.25, -0.2) is 4.39 Å². The standard InChI is InChI=1S/C14H13FN2.ClH/c15-9-4-5-13-11(8-9)10-2-1-3-12-14(10)17(13)7-6-16-12;/h4-5,8H,1-3,6-7H2;1H. The molecule has 0 saturated heterocycles. The summed E-state index contributed by atoms with van der Waals surface area (Å²) in [6, 6.07) is 5.15. The first kappa shape index (κ1) is 11.7. The van der Waals surface area contributed by atoms with Crippen LogP contribution in [-0.2, 0) is 13.0 Å². The van der Waals surface area contributed by atoms with Crippen LogP contribution in [0.15, 0.2) is 23.2 Å². The van der Waals surface area contributed by atoms with Crippen molar-refractivity contribution in [3.05, 3.63) is 35.3 Å². The van der Waals surface area contributed by atoms with E-state index in [4.69, 9.17) is 0 Å². The molecular weight excluding hydrogens is 251 g/mol. The van der Waals surface area contributed by atoms with Crippen molar-refractivity contribution in [3.63, 3.8) is 0 Å². The summed E-state index contributed by atoms with van der Waals surface area (Å²) in [7, 11) is 0. The Morgan fingerprint density at radius 1 is 1.22 bits per heavy atom. The Morgan fingerprint density at radius 3 is 3.00 bits per heavy atom. The zero-order valence-electron chi connectivity index (χ0n) is 9.95. The molecular formula is C14H14ClFN2. The zero-order valence-corrected chi connectivity index (χ0v) is 10.8. The molecule has 0 atom stereocenters. The summed E-state index contributed by atoms with van der Waals surface area (Å²) < 4.78 is 15.7. The lowest BCUT2D eigenvalue weighted by Crippen LogP contribution is -2.22. The second-order valence-electron chi connectivity index (χ2n) is 4.82. The van der Waals surface area contributed by atoms with Gasteiger partial charge in [-0.05, 0) is 43.0 Å². The van der Waals surface area contributed by atoms with E-state index in [0.717, 1.165) is 37.7 Å². The van der Waals surface area contributed by atoms with Crippen molar-refractivity contribution in [1.82, 2.24) is 4.57 Å². The lowest BCUT2D eigenvalue weighted by molar-refractivity contribution is 0.629. The zero-order chi connectivity index (χ0) is 11.4. The number of benzene rings is 1. The van der Waals surface area contributed by atoms with Crippen LogP contribution in [0, 0.1) is 5.82 Å². The lowest BCUT2D eigenvalue weighted by atomic mass is 9.93. The smallest absolute Gasteiger partial charge is 0.123 e. The van der Waals surface area contributed by atoms with E-state index in [1.54, 1.807) is 12.1 Å². The van der Waals surface area contributed by atoms with Crippen molar-refractivity contribution in [2.75, 3.05) is 6.54 Å². The fourth-order valence-electron chi connectivity index (χ4n) is 3.20. The third-order valence-electron chi connectivity index (χ3n) is 3.87. The van der Waals surface area contributed by atoms with Crippen LogP contribution in [0.1, 0.15) is 24.1 Å². The highest BCUT2D eigenvalue weighted by molar-refractivity contribution is 6.07. The fourth-order valence-corrected chi connectivity index (χ4v) is 3.20. The highest BCUT2D eigenvalue weighted by atomic mass is 35.5. The summed E-state index contributed by atoms with van der Waals surface area (Å²) >= 11 is 0. The van der Waals surface area contributed by atoms with Crippen LogP contribution in [0.4, 0.5) is 4.39 Å². The number of aryl methyl sites for hydroxylation is 1. The number of aromatic nitrogens is 1. The maximum atomic E-state index is 13.4. The number of aliphatic imine (C=N–C) groups is 1. The summed E-state index contributed by atoms with van der Waals surface area (Å²) in [6.07, 6.45) is 3.27. The second kappa shape index (κ2) is 4.09. The molecule has 1 aliphatic heterocycles. The third kappa shape index (κ3) is 1.43. The molecule has 0 fully saturated rings. The minimum absolute atomic E-state index is 0. The van der Waals surface area contributed by atoms with Gasteiger partial charge in [0, 0.05) is 17.4 Å². The van der Waals surface area contributed by atoms with Gasteiger partial charge in [-0.2, -0.15) is 0 Å². The molecule has 4 heteroatoms. The molecule has 4 rings (SSSR count). The summed E-state index contributed by atoms with van der Waals surface area (Å²) in [5.74, 6) is -0.138. The van der Waals surface area contributed by atoms with Gasteiger partial charge in [-0.1, -0.05) is 0 Å². The van der Waals surface area contributed by atoms with Crippen LogP contribution in [0.25, 0.3) is 10.9 Å². The Bertz CT molecular complexity index is 657. The van der Waals surface area contributed by atoms with Gasteiger partial charge in [0.2, 0.25) is 0 Å². The van der Waals surface area contributed by atoms with E-state index in [0.29, 0.717) is 0 Å². The molecule has 94 valence electrons. The molecule has 1 aromatic heterocycles. The van der Waals surface area contributed by atoms with Gasteiger partial charge in [0.1, 0.15) is 5.82 Å².